The van der Waals surface area contributed by atoms with Gasteiger partial charge in [0.05, 0.1) is 31.6 Å². The molecule has 0 radical (unpaired) electrons. The number of anilines is 2. The molecule has 0 unspecified atom stereocenters. The molecule has 0 aliphatic heterocycles. The van der Waals surface area contributed by atoms with Gasteiger partial charge in [0.1, 0.15) is 17.4 Å². The van der Waals surface area contributed by atoms with Crippen LogP contribution in [0.15, 0.2) is 83.6 Å². The number of nitrogens with zero attached hydrogens (tertiary/aromatic N) is 3. The number of amides is 2. The standard InChI is InChI=1S/C30H25F2N5O3S2/c1-40-26-5-3-2-4-21(26)14-37(15-27(38)35-29-33-24(17-41-29)19-6-10-22(31)11-7-19)16-28(39)36-30-34-25(18-42-30)20-8-12-23(32)13-9-20/h2-13,17-18H,14-16H2,1H3,(H,33,35,38)(H,34,36,39). The molecule has 2 aromatic heterocycles. The Morgan fingerprint density at radius 1 is 0.762 bits per heavy atom. The molecule has 2 heterocycles. The Morgan fingerprint density at radius 2 is 1.24 bits per heavy atom. The molecular formula is C30H25F2N5O3S2. The van der Waals surface area contributed by atoms with Gasteiger partial charge in [-0.25, -0.2) is 18.7 Å². The van der Waals surface area contributed by atoms with Gasteiger partial charge in [0.25, 0.3) is 0 Å². The topological polar surface area (TPSA) is 96.5 Å². The molecule has 214 valence electrons. The number of hydrogen-bond donors (Lipinski definition) is 2. The lowest BCUT2D eigenvalue weighted by Crippen LogP contribution is -2.38. The fourth-order valence-corrected chi connectivity index (χ4v) is 5.61. The fraction of sp³-hybridized carbons (Fsp3) is 0.133. The summed E-state index contributed by atoms with van der Waals surface area (Å²) in [5, 5.41) is 9.90. The Hall–Kier alpha value is -4.52. The molecule has 0 fully saturated rings. The summed E-state index contributed by atoms with van der Waals surface area (Å²) >= 11 is 2.50. The number of rotatable bonds is 11. The average molecular weight is 606 g/mol. The van der Waals surface area contributed by atoms with Crippen molar-refractivity contribution in [2.24, 2.45) is 0 Å². The molecule has 5 aromatic rings. The van der Waals surface area contributed by atoms with Gasteiger partial charge in [-0.3, -0.25) is 14.5 Å². The minimum Gasteiger partial charge on any atom is -0.496 e. The number of aromatic nitrogens is 2. The number of nitrogens with one attached hydrogen (secondary N) is 2. The first kappa shape index (κ1) is 29.0. The monoisotopic (exact) mass is 605 g/mol. The lowest BCUT2D eigenvalue weighted by atomic mass is 10.2. The van der Waals surface area contributed by atoms with Gasteiger partial charge in [0.2, 0.25) is 11.8 Å². The van der Waals surface area contributed by atoms with Gasteiger partial charge in [-0.05, 0) is 54.6 Å². The number of halogens is 2. The van der Waals surface area contributed by atoms with E-state index in [1.54, 1.807) is 47.0 Å². The number of methoxy groups -OCH3 is 1. The van der Waals surface area contributed by atoms with Crippen molar-refractivity contribution in [1.82, 2.24) is 14.9 Å². The molecular weight excluding hydrogens is 580 g/mol. The van der Waals surface area contributed by atoms with E-state index in [-0.39, 0.29) is 43.1 Å². The van der Waals surface area contributed by atoms with Gasteiger partial charge >= 0.3 is 0 Å². The smallest absolute Gasteiger partial charge is 0.240 e. The van der Waals surface area contributed by atoms with Crippen molar-refractivity contribution in [2.75, 3.05) is 30.8 Å². The minimum atomic E-state index is -0.356. The molecule has 5 rings (SSSR count). The SMILES string of the molecule is COc1ccccc1CN(CC(=O)Nc1nc(-c2ccc(F)cc2)cs1)CC(=O)Nc1nc(-c2ccc(F)cc2)cs1. The van der Waals surface area contributed by atoms with Crippen LogP contribution in [0.4, 0.5) is 19.0 Å². The zero-order valence-electron chi connectivity index (χ0n) is 22.3. The molecule has 42 heavy (non-hydrogen) atoms. The quantitative estimate of drug-likeness (QED) is 0.184. The third kappa shape index (κ3) is 7.60. The summed E-state index contributed by atoms with van der Waals surface area (Å²) in [5.41, 5.74) is 3.49. The van der Waals surface area contributed by atoms with E-state index in [4.69, 9.17) is 4.74 Å². The molecule has 0 atom stereocenters. The number of carbonyl (C=O) groups is 2. The zero-order valence-corrected chi connectivity index (χ0v) is 24.0. The van der Waals surface area contributed by atoms with E-state index in [2.05, 4.69) is 20.6 Å². The van der Waals surface area contributed by atoms with Gasteiger partial charge in [-0.1, -0.05) is 18.2 Å². The van der Waals surface area contributed by atoms with E-state index >= 15 is 0 Å². The first-order valence-electron chi connectivity index (χ1n) is 12.7. The summed E-state index contributed by atoms with van der Waals surface area (Å²) in [6.07, 6.45) is 0. The normalized spacial score (nSPS) is 11.0. The van der Waals surface area contributed by atoms with E-state index in [1.165, 1.54) is 46.9 Å². The molecule has 12 heteroatoms. The van der Waals surface area contributed by atoms with E-state index in [0.29, 0.717) is 27.4 Å². The van der Waals surface area contributed by atoms with Crippen LogP contribution in [0.5, 0.6) is 5.75 Å². The minimum absolute atomic E-state index is 0.102. The summed E-state index contributed by atoms with van der Waals surface area (Å²) in [6, 6.07) is 19.3. The highest BCUT2D eigenvalue weighted by Gasteiger charge is 2.19. The zero-order chi connectivity index (χ0) is 29.5. The maximum Gasteiger partial charge on any atom is 0.240 e. The molecule has 0 saturated heterocycles. The molecule has 0 spiro atoms. The van der Waals surface area contributed by atoms with Gasteiger partial charge in [0, 0.05) is 34.0 Å². The fourth-order valence-electron chi connectivity index (χ4n) is 4.13. The summed E-state index contributed by atoms with van der Waals surface area (Å²) in [4.78, 5) is 36.7. The number of benzene rings is 3. The highest BCUT2D eigenvalue weighted by Crippen LogP contribution is 2.27. The molecule has 0 bridgehead atoms. The average Bonchev–Trinajstić information content (AvgIpc) is 3.64. The van der Waals surface area contributed by atoms with Crippen LogP contribution in [0.25, 0.3) is 22.5 Å². The van der Waals surface area contributed by atoms with Crippen LogP contribution < -0.4 is 15.4 Å². The second-order valence-corrected chi connectivity index (χ2v) is 10.9. The van der Waals surface area contributed by atoms with Gasteiger partial charge < -0.3 is 15.4 Å². The van der Waals surface area contributed by atoms with Crippen molar-refractivity contribution in [3.63, 3.8) is 0 Å². The largest absolute Gasteiger partial charge is 0.496 e. The molecule has 2 N–H and O–H groups in total. The lowest BCUT2D eigenvalue weighted by Gasteiger charge is -2.22. The van der Waals surface area contributed by atoms with E-state index in [9.17, 15) is 18.4 Å². The van der Waals surface area contributed by atoms with E-state index in [1.807, 2.05) is 24.3 Å². The van der Waals surface area contributed by atoms with Crippen molar-refractivity contribution < 1.29 is 23.1 Å². The van der Waals surface area contributed by atoms with Crippen LogP contribution in [-0.2, 0) is 16.1 Å². The molecule has 8 nitrogen and oxygen atoms in total. The van der Waals surface area contributed by atoms with Crippen LogP contribution in [0, 0.1) is 11.6 Å². The van der Waals surface area contributed by atoms with Gasteiger partial charge in [-0.2, -0.15) is 0 Å². The summed E-state index contributed by atoms with van der Waals surface area (Å²) in [7, 11) is 1.56. The first-order chi connectivity index (χ1) is 20.4. The maximum absolute atomic E-state index is 13.3. The van der Waals surface area contributed by atoms with Crippen molar-refractivity contribution >= 4 is 44.8 Å². The van der Waals surface area contributed by atoms with Crippen LogP contribution >= 0.6 is 22.7 Å². The Morgan fingerprint density at radius 3 is 1.71 bits per heavy atom. The summed E-state index contributed by atoms with van der Waals surface area (Å²) < 4.78 is 32.0. The Kier molecular flexibility index (Phi) is 9.27. The Balaban J connectivity index is 1.26. The molecule has 3 aromatic carbocycles. The van der Waals surface area contributed by atoms with Crippen molar-refractivity contribution in [1.29, 1.82) is 0 Å². The molecule has 0 aliphatic carbocycles. The van der Waals surface area contributed by atoms with Crippen LogP contribution in [-0.4, -0.2) is 46.9 Å². The van der Waals surface area contributed by atoms with Gasteiger partial charge in [0.15, 0.2) is 10.3 Å². The molecule has 0 saturated carbocycles. The summed E-state index contributed by atoms with van der Waals surface area (Å²) in [5.74, 6) is -0.762. The van der Waals surface area contributed by atoms with Crippen LogP contribution in [0.3, 0.4) is 0 Å². The second-order valence-electron chi connectivity index (χ2n) is 9.14. The third-order valence-electron chi connectivity index (χ3n) is 6.10. The number of carbonyl (C=O) groups excluding carboxylic acids is 2. The van der Waals surface area contributed by atoms with E-state index in [0.717, 1.165) is 16.7 Å². The van der Waals surface area contributed by atoms with Crippen molar-refractivity contribution in [3.05, 3.63) is 101 Å². The third-order valence-corrected chi connectivity index (χ3v) is 7.62. The van der Waals surface area contributed by atoms with Gasteiger partial charge in [-0.15, -0.1) is 22.7 Å². The highest BCUT2D eigenvalue weighted by molar-refractivity contribution is 7.14. The molecule has 2 amide bonds. The first-order valence-corrected chi connectivity index (χ1v) is 14.5. The number of thiazole rings is 2. The number of hydrogen-bond acceptors (Lipinski definition) is 8. The van der Waals surface area contributed by atoms with Crippen molar-refractivity contribution in [3.8, 4) is 28.3 Å². The lowest BCUT2D eigenvalue weighted by molar-refractivity contribution is -0.120. The predicted octanol–water partition coefficient (Wildman–Crippen LogP) is 6.30. The van der Waals surface area contributed by atoms with E-state index < -0.39 is 0 Å². The maximum atomic E-state index is 13.3. The second kappa shape index (κ2) is 13.4. The Bertz CT molecular complexity index is 1570. The molecule has 0 aliphatic rings. The number of ether oxygens (including phenoxy) is 1. The van der Waals surface area contributed by atoms with Crippen molar-refractivity contribution in [2.45, 2.75) is 6.54 Å². The van der Waals surface area contributed by atoms with Crippen LogP contribution in [0.2, 0.25) is 0 Å². The predicted molar refractivity (Wildman–Crippen MR) is 161 cm³/mol. The van der Waals surface area contributed by atoms with Crippen LogP contribution in [0.1, 0.15) is 5.56 Å². The highest BCUT2D eigenvalue weighted by atomic mass is 32.1. The summed E-state index contributed by atoms with van der Waals surface area (Å²) in [6.45, 7) is 0.0630. The number of para-hydroxylation sites is 1. The Labute approximate surface area is 248 Å².